The highest BCUT2D eigenvalue weighted by molar-refractivity contribution is 5.97. The zero-order valence-corrected chi connectivity index (χ0v) is 29.1. The predicted molar refractivity (Wildman–Crippen MR) is 217 cm³/mol. The van der Waals surface area contributed by atoms with E-state index in [0.29, 0.717) is 0 Å². The first-order chi connectivity index (χ1) is 26.3. The molecule has 0 amide bonds. The molecule has 0 saturated heterocycles. The van der Waals surface area contributed by atoms with Gasteiger partial charge in [-0.1, -0.05) is 176 Å². The predicted octanol–water partition coefficient (Wildman–Crippen LogP) is 12.5. The molecule has 1 aromatic heterocycles. The largest absolute Gasteiger partial charge is 0.232 e. The average molecular weight is 675 g/mol. The Morgan fingerprint density at radius 1 is 0.453 bits per heavy atom. The summed E-state index contributed by atoms with van der Waals surface area (Å²) >= 11 is 0. The first kappa shape index (κ1) is 30.0. The fraction of sp³-hybridized carbons (Fsp3) is 0.0588. The maximum Gasteiger partial charge on any atom is 0.160 e. The average Bonchev–Trinajstić information content (AvgIpc) is 3.71. The van der Waals surface area contributed by atoms with Crippen LogP contribution < -0.4 is 0 Å². The third kappa shape index (κ3) is 4.52. The van der Waals surface area contributed by atoms with Gasteiger partial charge in [-0.05, 0) is 85.0 Å². The maximum atomic E-state index is 5.41. The smallest absolute Gasteiger partial charge is 0.160 e. The van der Waals surface area contributed by atoms with Crippen molar-refractivity contribution in [3.05, 3.63) is 222 Å². The van der Waals surface area contributed by atoms with E-state index < -0.39 is 0 Å². The lowest BCUT2D eigenvalue weighted by Crippen LogP contribution is -2.28. The van der Waals surface area contributed by atoms with Crippen molar-refractivity contribution in [2.75, 3.05) is 0 Å². The summed E-state index contributed by atoms with van der Waals surface area (Å²) in [6, 6.07) is 63.8. The molecule has 2 nitrogen and oxygen atoms in total. The highest BCUT2D eigenvalue weighted by Crippen LogP contribution is 2.64. The van der Waals surface area contributed by atoms with Crippen molar-refractivity contribution in [3.8, 4) is 44.9 Å². The van der Waals surface area contributed by atoms with Crippen molar-refractivity contribution >= 4 is 16.3 Å². The highest BCUT2D eigenvalue weighted by atomic mass is 14.9. The number of fused-ring (bicyclic) bond motifs is 10. The van der Waals surface area contributed by atoms with Crippen molar-refractivity contribution in [1.29, 1.82) is 0 Å². The first-order valence-electron chi connectivity index (χ1n) is 18.5. The molecule has 8 aromatic rings. The molecule has 3 aliphatic carbocycles. The molecule has 0 bridgehead atoms. The molecule has 1 atom stereocenters. The number of allylic oxidation sites excluding steroid dienone is 4. The summed E-state index contributed by atoms with van der Waals surface area (Å²) in [6.07, 6.45) is 5.63. The Bertz CT molecular complexity index is 2760. The lowest BCUT2D eigenvalue weighted by molar-refractivity contribution is 0.670. The highest BCUT2D eigenvalue weighted by Gasteiger charge is 2.53. The normalized spacial score (nSPS) is 16.0. The molecule has 1 heterocycles. The van der Waals surface area contributed by atoms with E-state index in [4.69, 9.17) is 9.97 Å². The van der Waals surface area contributed by atoms with Crippen LogP contribution in [0.3, 0.4) is 0 Å². The van der Waals surface area contributed by atoms with Gasteiger partial charge < -0.3 is 0 Å². The van der Waals surface area contributed by atoms with Crippen LogP contribution in [0.25, 0.3) is 61.2 Å². The molecule has 1 spiro atoms. The minimum absolute atomic E-state index is 0.0735. The summed E-state index contributed by atoms with van der Waals surface area (Å²) in [6.45, 7) is 0. The van der Waals surface area contributed by atoms with Crippen LogP contribution in [0.1, 0.15) is 40.3 Å². The SMILES string of the molecule is C1=CC(c2cc(-c3ccc(-c4ccccc4)cc3)nc(-c3ccc4ccccc4c3)n2)CC2=C1c1ccccc1C21c2ccccc2-c2ccccc21. The van der Waals surface area contributed by atoms with Crippen LogP contribution >= 0.6 is 0 Å². The van der Waals surface area contributed by atoms with E-state index in [9.17, 15) is 0 Å². The van der Waals surface area contributed by atoms with E-state index in [1.165, 1.54) is 66.4 Å². The van der Waals surface area contributed by atoms with Gasteiger partial charge in [-0.15, -0.1) is 0 Å². The van der Waals surface area contributed by atoms with Gasteiger partial charge in [0.1, 0.15) is 0 Å². The van der Waals surface area contributed by atoms with E-state index in [1.54, 1.807) is 0 Å². The van der Waals surface area contributed by atoms with Crippen molar-refractivity contribution in [1.82, 2.24) is 9.97 Å². The van der Waals surface area contributed by atoms with Gasteiger partial charge in [-0.3, -0.25) is 0 Å². The minimum Gasteiger partial charge on any atom is -0.232 e. The molecule has 53 heavy (non-hydrogen) atoms. The van der Waals surface area contributed by atoms with Gasteiger partial charge in [0, 0.05) is 17.0 Å². The summed E-state index contributed by atoms with van der Waals surface area (Å²) in [5.74, 6) is 0.828. The molecule has 0 N–H and O–H groups in total. The quantitative estimate of drug-likeness (QED) is 0.186. The first-order valence-corrected chi connectivity index (χ1v) is 18.5. The van der Waals surface area contributed by atoms with Gasteiger partial charge >= 0.3 is 0 Å². The minimum atomic E-state index is -0.341. The summed E-state index contributed by atoms with van der Waals surface area (Å²) < 4.78 is 0. The van der Waals surface area contributed by atoms with E-state index in [2.05, 4.69) is 188 Å². The maximum absolute atomic E-state index is 5.41. The van der Waals surface area contributed by atoms with Crippen molar-refractivity contribution in [3.63, 3.8) is 0 Å². The molecule has 0 radical (unpaired) electrons. The fourth-order valence-electron chi connectivity index (χ4n) is 9.30. The van der Waals surface area contributed by atoms with Crippen LogP contribution in [0.2, 0.25) is 0 Å². The molecule has 7 aromatic carbocycles. The second-order valence-electron chi connectivity index (χ2n) is 14.5. The summed E-state index contributed by atoms with van der Waals surface area (Å²) in [4.78, 5) is 10.7. The Balaban J connectivity index is 1.07. The van der Waals surface area contributed by atoms with Crippen LogP contribution in [0.5, 0.6) is 0 Å². The molecular weight excluding hydrogens is 641 g/mol. The van der Waals surface area contributed by atoms with Crippen LogP contribution in [0.15, 0.2) is 194 Å². The second-order valence-corrected chi connectivity index (χ2v) is 14.5. The Hall–Kier alpha value is -6.64. The van der Waals surface area contributed by atoms with Crippen molar-refractivity contribution in [2.24, 2.45) is 0 Å². The molecule has 3 aliphatic rings. The number of aromatic nitrogens is 2. The van der Waals surface area contributed by atoms with E-state index in [0.717, 1.165) is 34.8 Å². The Labute approximate surface area is 309 Å². The third-order valence-electron chi connectivity index (χ3n) is 11.7. The van der Waals surface area contributed by atoms with Crippen LogP contribution in [-0.2, 0) is 5.41 Å². The van der Waals surface area contributed by atoms with Gasteiger partial charge in [-0.25, -0.2) is 9.97 Å². The Morgan fingerprint density at radius 3 is 1.75 bits per heavy atom. The molecule has 2 heteroatoms. The topological polar surface area (TPSA) is 25.8 Å². The lowest BCUT2D eigenvalue weighted by atomic mass is 9.67. The Morgan fingerprint density at radius 2 is 1.02 bits per heavy atom. The fourth-order valence-corrected chi connectivity index (χ4v) is 9.30. The molecular formula is C51H34N2. The summed E-state index contributed by atoms with van der Waals surface area (Å²) in [5, 5.41) is 2.39. The second kappa shape index (κ2) is 11.7. The number of rotatable bonds is 4. The van der Waals surface area contributed by atoms with Crippen LogP contribution in [0, 0.1) is 0 Å². The summed E-state index contributed by atoms with van der Waals surface area (Å²) in [7, 11) is 0. The van der Waals surface area contributed by atoms with Gasteiger partial charge in [0.15, 0.2) is 5.82 Å². The van der Waals surface area contributed by atoms with Crippen LogP contribution in [0.4, 0.5) is 0 Å². The third-order valence-corrected chi connectivity index (χ3v) is 11.7. The molecule has 0 saturated carbocycles. The standard InChI is InChI=1S/C51H34N2/c1-2-12-33(13-3-1)35-22-25-36(26-23-35)48-32-49(53-50(52-48)39-27-24-34-14-4-5-15-37(34)30-39)38-28-29-43-42-18-8-11-21-46(42)51(47(43)31-38)44-19-9-6-16-40(44)41-17-7-10-20-45(41)51/h1-30,32,38H,31H2. The lowest BCUT2D eigenvalue weighted by Gasteiger charge is -2.35. The molecule has 11 rings (SSSR count). The number of nitrogens with zero attached hydrogens (tertiary/aromatic N) is 2. The van der Waals surface area contributed by atoms with Crippen molar-refractivity contribution in [2.45, 2.75) is 17.8 Å². The summed E-state index contributed by atoms with van der Waals surface area (Å²) in [5.41, 5.74) is 17.1. The molecule has 0 fully saturated rings. The number of hydrogen-bond donors (Lipinski definition) is 0. The Kier molecular flexibility index (Phi) is 6.63. The zero-order chi connectivity index (χ0) is 34.9. The van der Waals surface area contributed by atoms with Crippen LogP contribution in [-0.4, -0.2) is 9.97 Å². The molecule has 1 unspecified atom stereocenters. The van der Waals surface area contributed by atoms with E-state index in [-0.39, 0.29) is 11.3 Å². The number of benzene rings is 7. The van der Waals surface area contributed by atoms with E-state index in [1.807, 2.05) is 0 Å². The van der Waals surface area contributed by atoms with Gasteiger partial charge in [0.05, 0.1) is 16.8 Å². The van der Waals surface area contributed by atoms with Gasteiger partial charge in [-0.2, -0.15) is 0 Å². The number of hydrogen-bond acceptors (Lipinski definition) is 2. The zero-order valence-electron chi connectivity index (χ0n) is 29.1. The van der Waals surface area contributed by atoms with Gasteiger partial charge in [0.2, 0.25) is 0 Å². The molecule has 0 aliphatic heterocycles. The monoisotopic (exact) mass is 674 g/mol. The van der Waals surface area contributed by atoms with Gasteiger partial charge in [0.25, 0.3) is 0 Å². The van der Waals surface area contributed by atoms with Crippen molar-refractivity contribution < 1.29 is 0 Å². The molecule has 248 valence electrons. The van der Waals surface area contributed by atoms with E-state index >= 15 is 0 Å².